The third-order valence-electron chi connectivity index (χ3n) is 2.85. The molecule has 0 aliphatic carbocycles. The number of benzene rings is 1. The quantitative estimate of drug-likeness (QED) is 0.837. The van der Waals surface area contributed by atoms with Crippen LogP contribution in [-0.4, -0.2) is 40.2 Å². The lowest BCUT2D eigenvalue weighted by molar-refractivity contribution is -0.115. The highest BCUT2D eigenvalue weighted by atomic mass is 32.2. The standard InChI is InChI=1S/C12H17N3O3S/c1-13-9-12(16)14-10-4-2-5-11(8-10)15-6-3-7-19(15,17)18/h2,4-5,8,13H,3,6-7,9H2,1H3,(H,14,16). The Hall–Kier alpha value is -1.60. The number of rotatable bonds is 4. The molecule has 1 aliphatic heterocycles. The number of carbonyl (C=O) groups excluding carboxylic acids is 1. The van der Waals surface area contributed by atoms with E-state index in [0.717, 1.165) is 0 Å². The van der Waals surface area contributed by atoms with Crippen molar-refractivity contribution < 1.29 is 13.2 Å². The summed E-state index contributed by atoms with van der Waals surface area (Å²) in [5.41, 5.74) is 1.19. The molecule has 19 heavy (non-hydrogen) atoms. The highest BCUT2D eigenvalue weighted by Gasteiger charge is 2.28. The summed E-state index contributed by atoms with van der Waals surface area (Å²) in [4.78, 5) is 11.5. The van der Waals surface area contributed by atoms with Crippen LogP contribution in [-0.2, 0) is 14.8 Å². The Kier molecular flexibility index (Phi) is 4.06. The van der Waals surface area contributed by atoms with E-state index in [9.17, 15) is 13.2 Å². The Bertz CT molecular complexity index is 571. The monoisotopic (exact) mass is 283 g/mol. The van der Waals surface area contributed by atoms with Crippen LogP contribution in [0.2, 0.25) is 0 Å². The second kappa shape index (κ2) is 5.58. The minimum atomic E-state index is -3.19. The molecule has 0 spiro atoms. The van der Waals surface area contributed by atoms with Crippen molar-refractivity contribution >= 4 is 27.3 Å². The zero-order valence-electron chi connectivity index (χ0n) is 10.7. The number of anilines is 2. The Labute approximate surface area is 112 Å². The van der Waals surface area contributed by atoms with Gasteiger partial charge >= 0.3 is 0 Å². The molecule has 2 N–H and O–H groups in total. The number of likely N-dealkylation sites (N-methyl/N-ethyl adjacent to an activating group) is 1. The molecule has 104 valence electrons. The fourth-order valence-electron chi connectivity index (χ4n) is 2.03. The Morgan fingerprint density at radius 3 is 2.84 bits per heavy atom. The number of amides is 1. The van der Waals surface area contributed by atoms with Crippen molar-refractivity contribution in [3.63, 3.8) is 0 Å². The molecule has 0 bridgehead atoms. The maximum absolute atomic E-state index is 11.8. The summed E-state index contributed by atoms with van der Waals surface area (Å²) in [6, 6.07) is 6.88. The lowest BCUT2D eigenvalue weighted by Gasteiger charge is -2.17. The van der Waals surface area contributed by atoms with Crippen LogP contribution in [0.1, 0.15) is 6.42 Å². The maximum atomic E-state index is 11.8. The Morgan fingerprint density at radius 1 is 1.42 bits per heavy atom. The molecule has 0 atom stereocenters. The first-order valence-electron chi connectivity index (χ1n) is 6.08. The number of hydrogen-bond donors (Lipinski definition) is 2. The minimum Gasteiger partial charge on any atom is -0.325 e. The number of carbonyl (C=O) groups is 1. The van der Waals surface area contributed by atoms with Crippen molar-refractivity contribution in [3.8, 4) is 0 Å². The van der Waals surface area contributed by atoms with E-state index in [-0.39, 0.29) is 18.2 Å². The third-order valence-corrected chi connectivity index (χ3v) is 4.72. The van der Waals surface area contributed by atoms with Gasteiger partial charge in [-0.25, -0.2) is 8.42 Å². The summed E-state index contributed by atoms with van der Waals surface area (Å²) in [6.07, 6.45) is 0.638. The van der Waals surface area contributed by atoms with Gasteiger partial charge in [0.1, 0.15) is 0 Å². The van der Waals surface area contributed by atoms with Crippen LogP contribution >= 0.6 is 0 Å². The van der Waals surface area contributed by atoms with E-state index >= 15 is 0 Å². The molecule has 1 heterocycles. The fourth-order valence-corrected chi connectivity index (χ4v) is 3.59. The van der Waals surface area contributed by atoms with Gasteiger partial charge in [-0.2, -0.15) is 0 Å². The zero-order valence-corrected chi connectivity index (χ0v) is 11.5. The van der Waals surface area contributed by atoms with E-state index in [1.807, 2.05) is 0 Å². The van der Waals surface area contributed by atoms with E-state index < -0.39 is 10.0 Å². The fraction of sp³-hybridized carbons (Fsp3) is 0.417. The SMILES string of the molecule is CNCC(=O)Nc1cccc(N2CCCS2(=O)=O)c1. The van der Waals surface area contributed by atoms with Crippen molar-refractivity contribution in [2.45, 2.75) is 6.42 Å². The number of hydrogen-bond acceptors (Lipinski definition) is 4. The summed E-state index contributed by atoms with van der Waals surface area (Å²) in [6.45, 7) is 0.711. The van der Waals surface area contributed by atoms with Gasteiger partial charge in [-0.15, -0.1) is 0 Å². The number of nitrogens with zero attached hydrogens (tertiary/aromatic N) is 1. The minimum absolute atomic E-state index is 0.163. The van der Waals surface area contributed by atoms with Crippen LogP contribution in [0.25, 0.3) is 0 Å². The van der Waals surface area contributed by atoms with Crippen LogP contribution < -0.4 is 14.9 Å². The molecule has 0 radical (unpaired) electrons. The van der Waals surface area contributed by atoms with E-state index in [1.54, 1.807) is 31.3 Å². The number of nitrogens with one attached hydrogen (secondary N) is 2. The van der Waals surface area contributed by atoms with Crippen LogP contribution in [0.4, 0.5) is 11.4 Å². The lowest BCUT2D eigenvalue weighted by atomic mass is 10.2. The molecule has 7 heteroatoms. The predicted molar refractivity (Wildman–Crippen MR) is 74.7 cm³/mol. The zero-order chi connectivity index (χ0) is 13.9. The Balaban J connectivity index is 2.18. The second-order valence-electron chi connectivity index (χ2n) is 4.37. The van der Waals surface area contributed by atoms with Gasteiger partial charge in [-0.1, -0.05) is 6.07 Å². The summed E-state index contributed by atoms with van der Waals surface area (Å²) in [5.74, 6) is 0.0208. The van der Waals surface area contributed by atoms with E-state index in [1.165, 1.54) is 4.31 Å². The summed E-state index contributed by atoms with van der Waals surface area (Å²) in [7, 11) is -1.50. The molecule has 1 amide bonds. The molecular weight excluding hydrogens is 266 g/mol. The smallest absolute Gasteiger partial charge is 0.238 e. The van der Waals surface area contributed by atoms with Gasteiger partial charge < -0.3 is 10.6 Å². The van der Waals surface area contributed by atoms with Gasteiger partial charge in [0.15, 0.2) is 0 Å². The van der Waals surface area contributed by atoms with Crippen molar-refractivity contribution in [2.24, 2.45) is 0 Å². The van der Waals surface area contributed by atoms with Crippen LogP contribution in [0.15, 0.2) is 24.3 Å². The lowest BCUT2D eigenvalue weighted by Crippen LogP contribution is -2.26. The maximum Gasteiger partial charge on any atom is 0.238 e. The van der Waals surface area contributed by atoms with E-state index in [2.05, 4.69) is 10.6 Å². The summed E-state index contributed by atoms with van der Waals surface area (Å²) in [5, 5.41) is 5.46. The van der Waals surface area contributed by atoms with Crippen LogP contribution in [0, 0.1) is 0 Å². The van der Waals surface area contributed by atoms with Crippen molar-refractivity contribution in [1.29, 1.82) is 0 Å². The van der Waals surface area contributed by atoms with E-state index in [4.69, 9.17) is 0 Å². The predicted octanol–water partition coefficient (Wildman–Crippen LogP) is 0.384. The van der Waals surface area contributed by atoms with Gasteiger partial charge in [-0.3, -0.25) is 9.10 Å². The molecule has 1 fully saturated rings. The van der Waals surface area contributed by atoms with Gasteiger partial charge in [0.05, 0.1) is 18.0 Å². The second-order valence-corrected chi connectivity index (χ2v) is 6.38. The molecule has 2 rings (SSSR count). The molecule has 0 unspecified atom stereocenters. The molecule has 1 aromatic rings. The van der Waals surface area contributed by atoms with Gasteiger partial charge in [0.2, 0.25) is 15.9 Å². The summed E-state index contributed by atoms with van der Waals surface area (Å²) < 4.78 is 25.0. The normalized spacial score (nSPS) is 17.4. The molecular formula is C12H17N3O3S. The first-order chi connectivity index (χ1) is 9.03. The molecule has 1 saturated heterocycles. The van der Waals surface area contributed by atoms with Gasteiger partial charge in [0.25, 0.3) is 0 Å². The van der Waals surface area contributed by atoms with Crippen molar-refractivity contribution in [1.82, 2.24) is 5.32 Å². The molecule has 1 aromatic carbocycles. The topological polar surface area (TPSA) is 78.5 Å². The molecule has 1 aliphatic rings. The van der Waals surface area contributed by atoms with Crippen LogP contribution in [0.5, 0.6) is 0 Å². The van der Waals surface area contributed by atoms with E-state index in [0.29, 0.717) is 24.3 Å². The first-order valence-corrected chi connectivity index (χ1v) is 7.69. The van der Waals surface area contributed by atoms with Gasteiger partial charge in [0, 0.05) is 12.2 Å². The van der Waals surface area contributed by atoms with Crippen molar-refractivity contribution in [3.05, 3.63) is 24.3 Å². The van der Waals surface area contributed by atoms with Crippen LogP contribution in [0.3, 0.4) is 0 Å². The molecule has 0 aromatic heterocycles. The number of sulfonamides is 1. The average Bonchev–Trinajstić information content (AvgIpc) is 2.69. The molecule has 0 saturated carbocycles. The first kappa shape index (κ1) is 13.8. The highest BCUT2D eigenvalue weighted by molar-refractivity contribution is 7.93. The average molecular weight is 283 g/mol. The molecule has 6 nitrogen and oxygen atoms in total. The summed E-state index contributed by atoms with van der Waals surface area (Å²) >= 11 is 0. The van der Waals surface area contributed by atoms with Crippen molar-refractivity contribution in [2.75, 3.05) is 35.5 Å². The van der Waals surface area contributed by atoms with Gasteiger partial charge in [-0.05, 0) is 31.7 Å². The largest absolute Gasteiger partial charge is 0.325 e. The third kappa shape index (κ3) is 3.24. The Morgan fingerprint density at radius 2 is 2.21 bits per heavy atom. The highest BCUT2D eigenvalue weighted by Crippen LogP contribution is 2.26.